The van der Waals surface area contributed by atoms with Gasteiger partial charge in [-0.25, -0.2) is 4.98 Å². The zero-order chi connectivity index (χ0) is 14.5. The second-order valence-corrected chi connectivity index (χ2v) is 5.00. The van der Waals surface area contributed by atoms with Crippen molar-refractivity contribution in [1.82, 2.24) is 10.3 Å². The lowest BCUT2D eigenvalue weighted by Gasteiger charge is -2.28. The first-order valence-electron chi connectivity index (χ1n) is 6.59. The molecule has 0 aromatic carbocycles. The quantitative estimate of drug-likeness (QED) is 0.657. The molecule has 1 aromatic heterocycles. The van der Waals surface area contributed by atoms with E-state index in [0.717, 1.165) is 32.5 Å². The number of piperidine rings is 1. The molecule has 1 fully saturated rings. The highest BCUT2D eigenvalue weighted by molar-refractivity contribution is 5.51. The van der Waals surface area contributed by atoms with Crippen LogP contribution in [0.1, 0.15) is 18.5 Å². The molecule has 1 N–H and O–H groups in total. The molecule has 1 saturated heterocycles. The molecule has 0 amide bonds. The first-order valence-corrected chi connectivity index (χ1v) is 6.59. The molecule has 0 bridgehead atoms. The molecule has 1 atom stereocenters. The summed E-state index contributed by atoms with van der Waals surface area (Å²) in [6.45, 7) is 2.86. The number of nitriles is 1. The van der Waals surface area contributed by atoms with Gasteiger partial charge in [-0.15, -0.1) is 0 Å². The molecular weight excluding hydrogens is 258 g/mol. The summed E-state index contributed by atoms with van der Waals surface area (Å²) in [5, 5.41) is 23.1. The largest absolute Gasteiger partial charge is 0.359 e. The maximum Gasteiger partial charge on any atom is 0.305 e. The van der Waals surface area contributed by atoms with Crippen LogP contribution < -0.4 is 10.2 Å². The average molecular weight is 275 g/mol. The number of aromatic nitrogens is 1. The zero-order valence-electron chi connectivity index (χ0n) is 11.4. The summed E-state index contributed by atoms with van der Waals surface area (Å²) in [5.74, 6) is 1.13. The van der Waals surface area contributed by atoms with Gasteiger partial charge in [0.05, 0.1) is 4.92 Å². The molecule has 1 unspecified atom stereocenters. The molecule has 2 rings (SSSR count). The van der Waals surface area contributed by atoms with Crippen LogP contribution in [0.5, 0.6) is 0 Å². The number of nitrogens with zero attached hydrogens (tertiary/aromatic N) is 4. The topological polar surface area (TPSA) is 95.1 Å². The number of rotatable bonds is 4. The van der Waals surface area contributed by atoms with Crippen molar-refractivity contribution >= 4 is 11.5 Å². The van der Waals surface area contributed by atoms with Crippen LogP contribution in [0.2, 0.25) is 0 Å². The van der Waals surface area contributed by atoms with E-state index in [1.807, 2.05) is 11.9 Å². The Hall–Kier alpha value is -2.20. The molecule has 2 heterocycles. The lowest BCUT2D eigenvalue weighted by Crippen LogP contribution is -2.37. The number of nitro groups is 1. The van der Waals surface area contributed by atoms with Crippen LogP contribution in [-0.4, -0.2) is 36.6 Å². The minimum absolute atomic E-state index is 0.138. The Bertz CT molecular complexity index is 534. The van der Waals surface area contributed by atoms with Gasteiger partial charge in [-0.05, 0) is 37.9 Å². The van der Waals surface area contributed by atoms with E-state index < -0.39 is 4.92 Å². The highest BCUT2D eigenvalue weighted by atomic mass is 16.6. The van der Waals surface area contributed by atoms with Crippen LogP contribution in [0, 0.1) is 27.4 Å². The van der Waals surface area contributed by atoms with Gasteiger partial charge in [0, 0.05) is 19.7 Å². The highest BCUT2D eigenvalue weighted by Gasteiger charge is 2.19. The van der Waals surface area contributed by atoms with E-state index in [0.29, 0.717) is 11.7 Å². The third-order valence-electron chi connectivity index (χ3n) is 3.48. The molecule has 7 heteroatoms. The summed E-state index contributed by atoms with van der Waals surface area (Å²) in [7, 11) is 1.89. The second kappa shape index (κ2) is 6.30. The van der Waals surface area contributed by atoms with E-state index >= 15 is 0 Å². The lowest BCUT2D eigenvalue weighted by atomic mass is 9.99. The maximum atomic E-state index is 10.8. The van der Waals surface area contributed by atoms with Crippen molar-refractivity contribution in [2.45, 2.75) is 12.8 Å². The molecule has 106 valence electrons. The Morgan fingerprint density at radius 2 is 2.45 bits per heavy atom. The van der Waals surface area contributed by atoms with Crippen molar-refractivity contribution in [2.75, 3.05) is 31.6 Å². The predicted octanol–water partition coefficient (Wildman–Crippen LogP) is 1.30. The van der Waals surface area contributed by atoms with Gasteiger partial charge in [0.15, 0.2) is 0 Å². The van der Waals surface area contributed by atoms with Crippen LogP contribution in [0.15, 0.2) is 12.1 Å². The minimum atomic E-state index is -0.583. The first-order chi connectivity index (χ1) is 9.61. The molecule has 0 spiro atoms. The van der Waals surface area contributed by atoms with Crippen LogP contribution in [-0.2, 0) is 0 Å². The Labute approximate surface area is 117 Å². The molecule has 1 aromatic rings. The third kappa shape index (κ3) is 3.22. The van der Waals surface area contributed by atoms with Gasteiger partial charge in [-0.2, -0.15) is 5.26 Å². The maximum absolute atomic E-state index is 10.8. The summed E-state index contributed by atoms with van der Waals surface area (Å²) in [5.41, 5.74) is -0.384. The van der Waals surface area contributed by atoms with Crippen LogP contribution in [0.4, 0.5) is 11.5 Å². The van der Waals surface area contributed by atoms with Crippen molar-refractivity contribution in [3.8, 4) is 6.07 Å². The lowest BCUT2D eigenvalue weighted by molar-refractivity contribution is -0.385. The van der Waals surface area contributed by atoms with Crippen molar-refractivity contribution in [3.05, 3.63) is 27.9 Å². The van der Waals surface area contributed by atoms with Crippen LogP contribution in [0.25, 0.3) is 0 Å². The number of hydrogen-bond acceptors (Lipinski definition) is 6. The molecule has 7 nitrogen and oxygen atoms in total. The fraction of sp³-hybridized carbons (Fsp3) is 0.538. The number of nitrogens with one attached hydrogen (secondary N) is 1. The van der Waals surface area contributed by atoms with Crippen LogP contribution >= 0.6 is 0 Å². The van der Waals surface area contributed by atoms with Crippen LogP contribution in [0.3, 0.4) is 0 Å². The van der Waals surface area contributed by atoms with Crippen molar-refractivity contribution in [3.63, 3.8) is 0 Å². The second-order valence-electron chi connectivity index (χ2n) is 5.00. The smallest absolute Gasteiger partial charge is 0.305 e. The fourth-order valence-corrected chi connectivity index (χ4v) is 2.44. The summed E-state index contributed by atoms with van der Waals surface area (Å²) >= 11 is 0. The Balaban J connectivity index is 2.11. The molecule has 0 saturated carbocycles. The van der Waals surface area contributed by atoms with Gasteiger partial charge in [0.2, 0.25) is 5.69 Å². The van der Waals surface area contributed by atoms with E-state index in [2.05, 4.69) is 10.3 Å². The minimum Gasteiger partial charge on any atom is -0.359 e. The van der Waals surface area contributed by atoms with E-state index in [-0.39, 0.29) is 11.4 Å². The molecule has 0 radical (unpaired) electrons. The van der Waals surface area contributed by atoms with Crippen molar-refractivity contribution in [1.29, 1.82) is 5.26 Å². The summed E-state index contributed by atoms with van der Waals surface area (Å²) in [6, 6.07) is 4.72. The number of anilines is 1. The van der Waals surface area contributed by atoms with Crippen molar-refractivity contribution < 1.29 is 4.92 Å². The molecule has 1 aliphatic rings. The fourth-order valence-electron chi connectivity index (χ4n) is 2.44. The summed E-state index contributed by atoms with van der Waals surface area (Å²) in [6.07, 6.45) is 2.32. The average Bonchev–Trinajstić information content (AvgIpc) is 2.47. The summed E-state index contributed by atoms with van der Waals surface area (Å²) in [4.78, 5) is 16.2. The molecular formula is C13H17N5O2. The molecule has 1 aliphatic heterocycles. The third-order valence-corrected chi connectivity index (χ3v) is 3.48. The Morgan fingerprint density at radius 3 is 3.05 bits per heavy atom. The Morgan fingerprint density at radius 1 is 1.65 bits per heavy atom. The number of pyridine rings is 1. The van der Waals surface area contributed by atoms with Gasteiger partial charge >= 0.3 is 5.69 Å². The number of hydrogen-bond donors (Lipinski definition) is 1. The van der Waals surface area contributed by atoms with E-state index in [1.54, 1.807) is 12.1 Å². The van der Waals surface area contributed by atoms with Gasteiger partial charge in [-0.3, -0.25) is 10.1 Å². The van der Waals surface area contributed by atoms with E-state index in [1.165, 1.54) is 6.07 Å². The van der Waals surface area contributed by atoms with E-state index in [4.69, 9.17) is 5.26 Å². The predicted molar refractivity (Wildman–Crippen MR) is 74.5 cm³/mol. The standard InChI is InChI=1S/C13H17N5O2/c1-17(9-10-3-2-6-15-8-10)13-5-4-12(18(19)20)11(7-14)16-13/h4-5,10,15H,2-3,6,8-9H2,1H3. The van der Waals surface area contributed by atoms with Gasteiger partial charge < -0.3 is 10.2 Å². The van der Waals surface area contributed by atoms with Gasteiger partial charge in [0.1, 0.15) is 11.9 Å². The normalized spacial score (nSPS) is 18.3. The van der Waals surface area contributed by atoms with Gasteiger partial charge in [0.25, 0.3) is 0 Å². The monoisotopic (exact) mass is 275 g/mol. The molecule has 0 aliphatic carbocycles. The molecule has 20 heavy (non-hydrogen) atoms. The Kier molecular flexibility index (Phi) is 4.48. The van der Waals surface area contributed by atoms with Gasteiger partial charge in [-0.1, -0.05) is 0 Å². The highest BCUT2D eigenvalue weighted by Crippen LogP contribution is 2.21. The van der Waals surface area contributed by atoms with Crippen molar-refractivity contribution in [2.24, 2.45) is 5.92 Å². The SMILES string of the molecule is CN(CC1CCCNC1)c1ccc([N+](=O)[O-])c(C#N)n1. The van der Waals surface area contributed by atoms with E-state index in [9.17, 15) is 10.1 Å². The zero-order valence-corrected chi connectivity index (χ0v) is 11.4. The first kappa shape index (κ1) is 14.2. The summed E-state index contributed by atoms with van der Waals surface area (Å²) < 4.78 is 0.